The Labute approximate surface area is 101 Å². The van der Waals surface area contributed by atoms with E-state index in [1.165, 1.54) is 0 Å². The van der Waals surface area contributed by atoms with E-state index >= 15 is 0 Å². The third kappa shape index (κ3) is 3.28. The average Bonchev–Trinajstić information content (AvgIpc) is 2.13. The van der Waals surface area contributed by atoms with Gasteiger partial charge >= 0.3 is 0 Å². The molecule has 0 aromatic carbocycles. The van der Waals surface area contributed by atoms with E-state index in [1.807, 2.05) is 0 Å². The van der Waals surface area contributed by atoms with Gasteiger partial charge in [0.2, 0.25) is 0 Å². The molecule has 0 unspecified atom stereocenters. The number of hydrogen-bond donors (Lipinski definition) is 1. The molecule has 1 aromatic heterocycles. The fourth-order valence-electron chi connectivity index (χ4n) is 0.966. The van der Waals surface area contributed by atoms with Crippen LogP contribution in [0.3, 0.4) is 0 Å². The Balaban J connectivity index is 3.03. The van der Waals surface area contributed by atoms with Crippen molar-refractivity contribution in [1.29, 1.82) is 0 Å². The zero-order valence-corrected chi connectivity index (χ0v) is 10.4. The Morgan fingerprint density at radius 2 is 2.33 bits per heavy atom. The summed E-state index contributed by atoms with van der Waals surface area (Å²) in [5.41, 5.74) is 0.260. The molecule has 6 heteroatoms. The summed E-state index contributed by atoms with van der Waals surface area (Å²) in [6.45, 7) is 5.83. The molecule has 0 atom stereocenters. The molecule has 1 N–H and O–H groups in total. The van der Waals surface area contributed by atoms with E-state index in [4.69, 9.17) is 11.6 Å². The topological polar surface area (TPSA) is 54.9 Å². The van der Waals surface area contributed by atoms with Gasteiger partial charge in [-0.05, 0) is 6.92 Å². The number of nitrogens with zero attached hydrogens (tertiary/aromatic N) is 2. The lowest BCUT2D eigenvalue weighted by Gasteiger charge is -2.08. The minimum absolute atomic E-state index is 0.153. The number of anilines is 1. The van der Waals surface area contributed by atoms with Crippen LogP contribution in [-0.4, -0.2) is 22.8 Å². The fraction of sp³-hybridized carbons (Fsp3) is 0.222. The molecule has 0 aliphatic carbocycles. The lowest BCUT2D eigenvalue weighted by molar-refractivity contribution is 0.112. The van der Waals surface area contributed by atoms with Crippen LogP contribution in [0, 0.1) is 6.92 Å². The normalized spacial score (nSPS) is 9.80. The molecule has 0 spiro atoms. The highest BCUT2D eigenvalue weighted by Crippen LogP contribution is 2.19. The van der Waals surface area contributed by atoms with E-state index in [9.17, 15) is 4.79 Å². The summed E-state index contributed by atoms with van der Waals surface area (Å²) >= 11 is 8.99. The number of hydrogen-bond acceptors (Lipinski definition) is 4. The highest BCUT2D eigenvalue weighted by Gasteiger charge is 2.10. The van der Waals surface area contributed by atoms with E-state index in [1.54, 1.807) is 6.92 Å². The predicted molar refractivity (Wildman–Crippen MR) is 63.7 cm³/mol. The number of carbonyl (C=O) groups excluding carboxylic acids is 1. The van der Waals surface area contributed by atoms with Crippen molar-refractivity contribution in [3.63, 3.8) is 0 Å². The van der Waals surface area contributed by atoms with Crippen molar-refractivity contribution in [1.82, 2.24) is 9.97 Å². The van der Waals surface area contributed by atoms with Crippen LogP contribution < -0.4 is 5.32 Å². The number of carbonyl (C=O) groups is 1. The van der Waals surface area contributed by atoms with Crippen molar-refractivity contribution in [3.05, 3.63) is 27.6 Å². The molecular weight excluding hydrogens is 281 g/mol. The number of aldehydes is 1. The molecule has 0 amide bonds. The second-order valence-corrected chi connectivity index (χ2v) is 4.29. The highest BCUT2D eigenvalue weighted by atomic mass is 79.9. The molecule has 0 saturated heterocycles. The summed E-state index contributed by atoms with van der Waals surface area (Å²) in [6.07, 6.45) is 0.626. The lowest BCUT2D eigenvalue weighted by atomic mass is 10.3. The van der Waals surface area contributed by atoms with Gasteiger partial charge in [-0.25, -0.2) is 9.97 Å². The van der Waals surface area contributed by atoms with Gasteiger partial charge in [-0.2, -0.15) is 0 Å². The molecule has 4 nitrogen and oxygen atoms in total. The van der Waals surface area contributed by atoms with Crippen LogP contribution in [0.4, 0.5) is 5.82 Å². The Morgan fingerprint density at radius 1 is 1.67 bits per heavy atom. The van der Waals surface area contributed by atoms with Crippen LogP contribution in [0.25, 0.3) is 0 Å². The van der Waals surface area contributed by atoms with Crippen molar-refractivity contribution in [2.45, 2.75) is 6.92 Å². The first-order valence-corrected chi connectivity index (χ1v) is 5.28. The van der Waals surface area contributed by atoms with Crippen molar-refractivity contribution in [2.75, 3.05) is 11.9 Å². The van der Waals surface area contributed by atoms with Crippen molar-refractivity contribution in [3.8, 4) is 0 Å². The zero-order valence-electron chi connectivity index (χ0n) is 8.05. The molecule has 0 bridgehead atoms. The quantitative estimate of drug-likeness (QED) is 0.684. The van der Waals surface area contributed by atoms with E-state index in [0.717, 1.165) is 4.48 Å². The largest absolute Gasteiger partial charge is 0.365 e. The van der Waals surface area contributed by atoms with Gasteiger partial charge in [0.15, 0.2) is 6.29 Å². The van der Waals surface area contributed by atoms with Crippen LogP contribution in [0.1, 0.15) is 16.2 Å². The number of nitrogens with one attached hydrogen (secondary N) is 1. The smallest absolute Gasteiger partial charge is 0.156 e. The van der Waals surface area contributed by atoms with Gasteiger partial charge in [0.25, 0.3) is 0 Å². The maximum atomic E-state index is 10.8. The molecular formula is C9H9BrClN3O. The standard InChI is InChI=1S/C9H9BrClN3O/c1-5(10)3-12-9-7(4-15)8(11)13-6(2)14-9/h4H,1,3H2,2H3,(H,12,13,14). The number of aryl methyl sites for hydroxylation is 1. The van der Waals surface area contributed by atoms with Gasteiger partial charge in [0.1, 0.15) is 16.8 Å². The number of halogens is 2. The average molecular weight is 291 g/mol. The summed E-state index contributed by atoms with van der Waals surface area (Å²) in [5.74, 6) is 0.927. The maximum absolute atomic E-state index is 10.8. The zero-order chi connectivity index (χ0) is 11.4. The molecule has 0 saturated carbocycles. The molecule has 80 valence electrons. The minimum Gasteiger partial charge on any atom is -0.365 e. The first-order chi connectivity index (χ1) is 7.04. The van der Waals surface area contributed by atoms with Gasteiger partial charge in [-0.15, -0.1) is 0 Å². The van der Waals surface area contributed by atoms with E-state index < -0.39 is 0 Å². The van der Waals surface area contributed by atoms with Crippen LogP contribution in [0.2, 0.25) is 5.15 Å². The second kappa shape index (κ2) is 5.23. The van der Waals surface area contributed by atoms with Gasteiger partial charge < -0.3 is 5.32 Å². The van der Waals surface area contributed by atoms with Crippen molar-refractivity contribution < 1.29 is 4.79 Å². The summed E-state index contributed by atoms with van der Waals surface area (Å²) in [6, 6.07) is 0. The minimum atomic E-state index is 0.153. The van der Waals surface area contributed by atoms with Crippen LogP contribution in [-0.2, 0) is 0 Å². The number of aromatic nitrogens is 2. The van der Waals surface area contributed by atoms with Gasteiger partial charge in [0, 0.05) is 11.0 Å². The molecule has 0 aliphatic heterocycles. The SMILES string of the molecule is C=C(Br)CNc1nc(C)nc(Cl)c1C=O. The Bertz CT molecular complexity index is 409. The summed E-state index contributed by atoms with van der Waals surface area (Å²) in [4.78, 5) is 18.7. The molecule has 0 fully saturated rings. The van der Waals surface area contributed by atoms with E-state index in [0.29, 0.717) is 24.5 Å². The van der Waals surface area contributed by atoms with E-state index in [2.05, 4.69) is 37.8 Å². The van der Waals surface area contributed by atoms with Gasteiger partial charge in [-0.3, -0.25) is 4.79 Å². The molecule has 1 aromatic rings. The second-order valence-electron chi connectivity index (χ2n) is 2.81. The first-order valence-electron chi connectivity index (χ1n) is 4.11. The van der Waals surface area contributed by atoms with Crippen LogP contribution in [0.15, 0.2) is 11.1 Å². The monoisotopic (exact) mass is 289 g/mol. The van der Waals surface area contributed by atoms with Crippen molar-refractivity contribution >= 4 is 39.6 Å². The summed E-state index contributed by atoms with van der Waals surface area (Å²) < 4.78 is 0.756. The highest BCUT2D eigenvalue weighted by molar-refractivity contribution is 9.11. The van der Waals surface area contributed by atoms with Gasteiger partial charge in [0.05, 0.1) is 5.56 Å². The molecule has 0 radical (unpaired) electrons. The Kier molecular flexibility index (Phi) is 4.23. The van der Waals surface area contributed by atoms with Crippen molar-refractivity contribution in [2.24, 2.45) is 0 Å². The molecule has 1 rings (SSSR count). The Morgan fingerprint density at radius 3 is 2.87 bits per heavy atom. The van der Waals surface area contributed by atoms with E-state index in [-0.39, 0.29) is 10.7 Å². The fourth-order valence-corrected chi connectivity index (χ4v) is 1.36. The third-order valence-electron chi connectivity index (χ3n) is 1.58. The van der Waals surface area contributed by atoms with Crippen LogP contribution in [0.5, 0.6) is 0 Å². The third-order valence-corrected chi connectivity index (χ3v) is 2.14. The first kappa shape index (κ1) is 12.1. The maximum Gasteiger partial charge on any atom is 0.156 e. The van der Waals surface area contributed by atoms with Crippen LogP contribution >= 0.6 is 27.5 Å². The van der Waals surface area contributed by atoms with Gasteiger partial charge in [-0.1, -0.05) is 34.1 Å². The Hall–Kier alpha value is -0.940. The molecule has 1 heterocycles. The summed E-state index contributed by atoms with van der Waals surface area (Å²) in [5, 5.41) is 3.09. The summed E-state index contributed by atoms with van der Waals surface area (Å²) in [7, 11) is 0. The predicted octanol–water partition coefficient (Wildman–Crippen LogP) is 2.57. The lowest BCUT2D eigenvalue weighted by Crippen LogP contribution is -2.08. The molecule has 15 heavy (non-hydrogen) atoms. The number of rotatable bonds is 4. The molecule has 0 aliphatic rings.